The first-order valence-electron chi connectivity index (χ1n) is 7.99. The average Bonchev–Trinajstić information content (AvgIpc) is 3.01. The summed E-state index contributed by atoms with van der Waals surface area (Å²) in [7, 11) is 3.53. The maximum Gasteiger partial charge on any atom is 0.193 e. The van der Waals surface area contributed by atoms with Crippen molar-refractivity contribution in [2.24, 2.45) is 10.9 Å². The van der Waals surface area contributed by atoms with Gasteiger partial charge in [-0.05, 0) is 24.1 Å². The molecule has 1 fully saturated rings. The number of halogens is 2. The van der Waals surface area contributed by atoms with Gasteiger partial charge in [0.05, 0.1) is 19.8 Å². The Balaban J connectivity index is 0.00000288. The topological polar surface area (TPSA) is 46.1 Å². The first-order chi connectivity index (χ1) is 11.2. The highest BCUT2D eigenvalue weighted by Crippen LogP contribution is 2.17. The first kappa shape index (κ1) is 21.7. The van der Waals surface area contributed by atoms with Gasteiger partial charge in [-0.2, -0.15) is 0 Å². The number of benzene rings is 1. The fourth-order valence-electron chi connectivity index (χ4n) is 2.71. The molecule has 1 atom stereocenters. The lowest BCUT2D eigenvalue weighted by Crippen LogP contribution is -2.39. The van der Waals surface area contributed by atoms with Gasteiger partial charge in [-0.25, -0.2) is 0 Å². The van der Waals surface area contributed by atoms with Crippen molar-refractivity contribution < 1.29 is 9.47 Å². The van der Waals surface area contributed by atoms with Crippen LogP contribution in [0.4, 0.5) is 0 Å². The maximum atomic E-state index is 5.64. The van der Waals surface area contributed by atoms with Crippen LogP contribution in [0.2, 0.25) is 0 Å². The minimum atomic E-state index is 0. The number of nitrogens with zero attached hydrogens (tertiary/aromatic N) is 2. The molecule has 7 heteroatoms. The second-order valence-electron chi connectivity index (χ2n) is 5.70. The van der Waals surface area contributed by atoms with Crippen LogP contribution in [0.15, 0.2) is 33.7 Å². The van der Waals surface area contributed by atoms with E-state index in [-0.39, 0.29) is 24.0 Å². The number of nitrogens with one attached hydrogen (secondary N) is 1. The molecule has 5 nitrogen and oxygen atoms in total. The summed E-state index contributed by atoms with van der Waals surface area (Å²) in [6, 6.07) is 8.32. The van der Waals surface area contributed by atoms with Gasteiger partial charge in [-0.1, -0.05) is 28.1 Å². The average molecular weight is 512 g/mol. The van der Waals surface area contributed by atoms with Crippen LogP contribution in [-0.4, -0.2) is 57.9 Å². The summed E-state index contributed by atoms with van der Waals surface area (Å²) in [6.07, 6.45) is 1.14. The predicted octanol–water partition coefficient (Wildman–Crippen LogP) is 3.13. The van der Waals surface area contributed by atoms with Gasteiger partial charge in [-0.15, -0.1) is 24.0 Å². The number of guanidine groups is 1. The Bertz CT molecular complexity index is 516. The molecule has 0 spiro atoms. The van der Waals surface area contributed by atoms with Crippen LogP contribution in [0.1, 0.15) is 12.0 Å². The lowest BCUT2D eigenvalue weighted by molar-refractivity contribution is 0.0536. The van der Waals surface area contributed by atoms with Crippen molar-refractivity contribution in [2.45, 2.75) is 13.0 Å². The van der Waals surface area contributed by atoms with E-state index in [1.807, 2.05) is 19.2 Å². The molecular weight excluding hydrogens is 485 g/mol. The standard InChI is InChI=1S/C17H26BrN3O2.HI/c1-19-17(20-11-14-4-3-5-16(18)10-14)21-7-6-15(12-21)13-23-9-8-22-2;/h3-5,10,15H,6-9,11-13H2,1-2H3,(H,19,20);1H. The highest BCUT2D eigenvalue weighted by molar-refractivity contribution is 14.0. The Labute approximate surface area is 170 Å². The van der Waals surface area contributed by atoms with E-state index in [4.69, 9.17) is 9.47 Å². The molecule has 1 aliphatic rings. The quantitative estimate of drug-likeness (QED) is 0.264. The third-order valence-corrected chi connectivity index (χ3v) is 4.42. The van der Waals surface area contributed by atoms with E-state index < -0.39 is 0 Å². The molecule has 2 rings (SSSR count). The number of likely N-dealkylation sites (tertiary alicyclic amines) is 1. The fourth-order valence-corrected chi connectivity index (χ4v) is 3.16. The van der Waals surface area contributed by atoms with E-state index in [0.29, 0.717) is 19.1 Å². The molecule has 136 valence electrons. The number of rotatable bonds is 7. The van der Waals surface area contributed by atoms with Crippen LogP contribution >= 0.6 is 39.9 Å². The van der Waals surface area contributed by atoms with E-state index >= 15 is 0 Å². The molecule has 1 heterocycles. The number of hydrogen-bond donors (Lipinski definition) is 1. The Morgan fingerprint density at radius 1 is 1.42 bits per heavy atom. The van der Waals surface area contributed by atoms with Crippen molar-refractivity contribution in [3.05, 3.63) is 34.3 Å². The lowest BCUT2D eigenvalue weighted by Gasteiger charge is -2.22. The zero-order chi connectivity index (χ0) is 16.5. The molecule has 0 aromatic heterocycles. The van der Waals surface area contributed by atoms with Crippen molar-refractivity contribution in [3.63, 3.8) is 0 Å². The van der Waals surface area contributed by atoms with Gasteiger partial charge in [0.2, 0.25) is 0 Å². The van der Waals surface area contributed by atoms with Gasteiger partial charge in [0.15, 0.2) is 5.96 Å². The zero-order valence-electron chi connectivity index (χ0n) is 14.3. The number of ether oxygens (including phenoxy) is 2. The molecule has 1 unspecified atom stereocenters. The largest absolute Gasteiger partial charge is 0.382 e. The van der Waals surface area contributed by atoms with Crippen molar-refractivity contribution in [1.29, 1.82) is 0 Å². The molecule has 1 aromatic rings. The second kappa shape index (κ2) is 12.1. The molecule has 24 heavy (non-hydrogen) atoms. The SMILES string of the molecule is CN=C(NCc1cccc(Br)c1)N1CCC(COCCOC)C1.I. The van der Waals surface area contributed by atoms with Gasteiger partial charge in [0.1, 0.15) is 0 Å². The number of methoxy groups -OCH3 is 1. The van der Waals surface area contributed by atoms with Crippen molar-refractivity contribution in [1.82, 2.24) is 10.2 Å². The van der Waals surface area contributed by atoms with Crippen LogP contribution in [-0.2, 0) is 16.0 Å². The summed E-state index contributed by atoms with van der Waals surface area (Å²) >= 11 is 3.50. The smallest absolute Gasteiger partial charge is 0.193 e. The minimum absolute atomic E-state index is 0. The summed E-state index contributed by atoms with van der Waals surface area (Å²) < 4.78 is 11.7. The second-order valence-corrected chi connectivity index (χ2v) is 6.61. The summed E-state index contributed by atoms with van der Waals surface area (Å²) in [5, 5.41) is 3.45. The molecule has 0 bridgehead atoms. The molecule has 0 radical (unpaired) electrons. The van der Waals surface area contributed by atoms with Gasteiger partial charge in [0, 0.05) is 44.2 Å². The molecule has 0 saturated carbocycles. The molecule has 0 amide bonds. The Hall–Kier alpha value is -0.380. The van der Waals surface area contributed by atoms with E-state index in [1.165, 1.54) is 5.56 Å². The Morgan fingerprint density at radius 3 is 2.96 bits per heavy atom. The summed E-state index contributed by atoms with van der Waals surface area (Å²) in [6.45, 7) is 4.91. The van der Waals surface area contributed by atoms with E-state index in [2.05, 4.69) is 43.3 Å². The normalized spacial score (nSPS) is 17.7. The number of aliphatic imine (C=N–C) groups is 1. The monoisotopic (exact) mass is 511 g/mol. The molecule has 1 aromatic carbocycles. The van der Waals surface area contributed by atoms with Crippen LogP contribution in [0, 0.1) is 5.92 Å². The first-order valence-corrected chi connectivity index (χ1v) is 8.79. The summed E-state index contributed by atoms with van der Waals surface area (Å²) in [5.74, 6) is 1.53. The third kappa shape index (κ3) is 7.25. The Kier molecular flexibility index (Phi) is 10.9. The summed E-state index contributed by atoms with van der Waals surface area (Å²) in [5.41, 5.74) is 1.24. The number of hydrogen-bond acceptors (Lipinski definition) is 3. The molecular formula is C17H27BrIN3O2. The van der Waals surface area contributed by atoms with Crippen molar-refractivity contribution in [3.8, 4) is 0 Å². The van der Waals surface area contributed by atoms with Crippen LogP contribution in [0.5, 0.6) is 0 Å². The molecule has 1 aliphatic heterocycles. The molecule has 0 aliphatic carbocycles. The van der Waals surface area contributed by atoms with Crippen molar-refractivity contribution in [2.75, 3.05) is 47.1 Å². The maximum absolute atomic E-state index is 5.64. The highest BCUT2D eigenvalue weighted by Gasteiger charge is 2.24. The van der Waals surface area contributed by atoms with Gasteiger partial charge in [0.25, 0.3) is 0 Å². The molecule has 1 N–H and O–H groups in total. The molecule has 1 saturated heterocycles. The predicted molar refractivity (Wildman–Crippen MR) is 112 cm³/mol. The minimum Gasteiger partial charge on any atom is -0.382 e. The van der Waals surface area contributed by atoms with Crippen LogP contribution in [0.25, 0.3) is 0 Å². The zero-order valence-corrected chi connectivity index (χ0v) is 18.2. The van der Waals surface area contributed by atoms with E-state index in [1.54, 1.807) is 7.11 Å². The Morgan fingerprint density at radius 2 is 2.25 bits per heavy atom. The lowest BCUT2D eigenvalue weighted by atomic mass is 10.1. The van der Waals surface area contributed by atoms with Crippen molar-refractivity contribution >= 4 is 45.9 Å². The van der Waals surface area contributed by atoms with E-state index in [0.717, 1.165) is 43.1 Å². The summed E-state index contributed by atoms with van der Waals surface area (Å²) in [4.78, 5) is 6.72. The van der Waals surface area contributed by atoms with Gasteiger partial charge < -0.3 is 19.7 Å². The van der Waals surface area contributed by atoms with Gasteiger partial charge >= 0.3 is 0 Å². The third-order valence-electron chi connectivity index (χ3n) is 3.92. The van der Waals surface area contributed by atoms with Crippen LogP contribution in [0.3, 0.4) is 0 Å². The fraction of sp³-hybridized carbons (Fsp3) is 0.588. The van der Waals surface area contributed by atoms with Gasteiger partial charge in [-0.3, -0.25) is 4.99 Å². The van der Waals surface area contributed by atoms with Crippen LogP contribution < -0.4 is 5.32 Å². The van der Waals surface area contributed by atoms with E-state index in [9.17, 15) is 0 Å². The highest BCUT2D eigenvalue weighted by atomic mass is 127.